The van der Waals surface area contributed by atoms with Crippen molar-refractivity contribution in [3.05, 3.63) is 68.7 Å². The van der Waals surface area contributed by atoms with Crippen molar-refractivity contribution in [1.82, 2.24) is 15.5 Å². The first-order chi connectivity index (χ1) is 15.0. The van der Waals surface area contributed by atoms with E-state index in [0.717, 1.165) is 35.8 Å². The average Bonchev–Trinajstić information content (AvgIpc) is 3.19. The predicted molar refractivity (Wildman–Crippen MR) is 132 cm³/mol. The number of nitrogens with one attached hydrogen (secondary N) is 2. The Morgan fingerprint density at radius 2 is 2.06 bits per heavy atom. The zero-order chi connectivity index (χ0) is 21.8. The molecule has 4 rings (SSSR count). The number of carbonyl (C=O) groups is 1. The van der Waals surface area contributed by atoms with Gasteiger partial charge in [-0.25, -0.2) is 0 Å². The molecule has 0 spiro atoms. The summed E-state index contributed by atoms with van der Waals surface area (Å²) in [5.74, 6) is 1.04. The van der Waals surface area contributed by atoms with E-state index in [4.69, 9.17) is 16.3 Å². The second-order valence-corrected chi connectivity index (χ2v) is 9.50. The van der Waals surface area contributed by atoms with Crippen LogP contribution in [-0.4, -0.2) is 29.3 Å². The predicted octanol–water partition coefficient (Wildman–Crippen LogP) is 5.14. The first-order valence-electron chi connectivity index (χ1n) is 10.4. The molecule has 0 fully saturated rings. The molecule has 0 radical (unpaired) electrons. The average molecular weight is 493 g/mol. The lowest BCUT2D eigenvalue weighted by molar-refractivity contribution is 0.102. The Bertz CT molecular complexity index is 1090. The number of fused-ring (bicyclic) bond motifs is 1. The summed E-state index contributed by atoms with van der Waals surface area (Å²) in [6.07, 6.45) is 1.47. The summed E-state index contributed by atoms with van der Waals surface area (Å²) in [7, 11) is 0. The smallest absolute Gasteiger partial charge is 0.257 e. The molecular weight excluding hydrogens is 467 g/mol. The maximum Gasteiger partial charge on any atom is 0.257 e. The van der Waals surface area contributed by atoms with Crippen LogP contribution in [0, 0.1) is 5.92 Å². The van der Waals surface area contributed by atoms with Gasteiger partial charge in [-0.3, -0.25) is 10.1 Å². The normalized spacial score (nSPS) is 12.8. The molecule has 0 unspecified atom stereocenters. The molecule has 0 aliphatic carbocycles. The first-order valence-corrected chi connectivity index (χ1v) is 11.5. The fraction of sp³-hybridized carbons (Fsp3) is 0.348. The zero-order valence-electron chi connectivity index (χ0n) is 18.0. The number of benzene rings is 2. The van der Waals surface area contributed by atoms with Crippen LogP contribution in [0.15, 0.2) is 36.4 Å². The highest BCUT2D eigenvalue weighted by molar-refractivity contribution is 7.15. The Balaban J connectivity index is 0.00000289. The Morgan fingerprint density at radius 1 is 1.22 bits per heavy atom. The number of nitrogens with zero attached hydrogens (tertiary/aromatic N) is 2. The van der Waals surface area contributed by atoms with Crippen molar-refractivity contribution in [3.8, 4) is 5.75 Å². The van der Waals surface area contributed by atoms with Crippen LogP contribution >= 0.6 is 35.3 Å². The van der Waals surface area contributed by atoms with Gasteiger partial charge in [0.25, 0.3) is 5.91 Å². The summed E-state index contributed by atoms with van der Waals surface area (Å²) in [4.78, 5) is 12.7. The number of amides is 1. The van der Waals surface area contributed by atoms with Crippen LogP contribution in [-0.2, 0) is 19.4 Å². The number of ether oxygens (including phenoxy) is 1. The molecule has 170 valence electrons. The molecule has 1 amide bonds. The SMILES string of the molecule is CC(C)COc1ccc(Cl)cc1Cc1nnc(NC(=O)c2ccc3c(c2)CCNC3)s1.Cl. The van der Waals surface area contributed by atoms with Gasteiger partial charge in [0.05, 0.1) is 6.61 Å². The van der Waals surface area contributed by atoms with E-state index >= 15 is 0 Å². The van der Waals surface area contributed by atoms with Crippen molar-refractivity contribution >= 4 is 46.4 Å². The second-order valence-electron chi connectivity index (χ2n) is 8.00. The quantitative estimate of drug-likeness (QED) is 0.477. The number of hydrogen-bond donors (Lipinski definition) is 2. The molecule has 2 heterocycles. The van der Waals surface area contributed by atoms with Gasteiger partial charge in [-0.05, 0) is 60.3 Å². The van der Waals surface area contributed by atoms with Gasteiger partial charge >= 0.3 is 0 Å². The second kappa shape index (κ2) is 11.1. The number of rotatable bonds is 7. The Labute approximate surface area is 203 Å². The van der Waals surface area contributed by atoms with Crippen molar-refractivity contribution in [2.45, 2.75) is 33.2 Å². The number of anilines is 1. The summed E-state index contributed by atoms with van der Waals surface area (Å²) in [6, 6.07) is 11.4. The van der Waals surface area contributed by atoms with E-state index in [1.165, 1.54) is 22.5 Å². The van der Waals surface area contributed by atoms with Crippen LogP contribution in [0.2, 0.25) is 5.02 Å². The maximum atomic E-state index is 12.7. The van der Waals surface area contributed by atoms with Gasteiger partial charge in [0.1, 0.15) is 10.8 Å². The summed E-state index contributed by atoms with van der Waals surface area (Å²) in [6.45, 7) is 6.62. The van der Waals surface area contributed by atoms with Gasteiger partial charge in [-0.1, -0.05) is 42.9 Å². The van der Waals surface area contributed by atoms with Crippen LogP contribution in [0.5, 0.6) is 5.75 Å². The van der Waals surface area contributed by atoms with Crippen LogP contribution in [0.25, 0.3) is 0 Å². The van der Waals surface area contributed by atoms with E-state index in [-0.39, 0.29) is 18.3 Å². The van der Waals surface area contributed by atoms with Gasteiger partial charge in [-0.15, -0.1) is 22.6 Å². The molecule has 0 bridgehead atoms. The van der Waals surface area contributed by atoms with E-state index in [1.807, 2.05) is 36.4 Å². The van der Waals surface area contributed by atoms with Crippen LogP contribution in [0.3, 0.4) is 0 Å². The van der Waals surface area contributed by atoms with Crippen molar-refractivity contribution in [3.63, 3.8) is 0 Å². The minimum atomic E-state index is -0.173. The van der Waals surface area contributed by atoms with E-state index in [9.17, 15) is 4.79 Å². The highest BCUT2D eigenvalue weighted by Gasteiger charge is 2.15. The summed E-state index contributed by atoms with van der Waals surface area (Å²) in [5, 5.41) is 16.5. The first kappa shape index (κ1) is 24.5. The van der Waals surface area contributed by atoms with Crippen molar-refractivity contribution in [2.75, 3.05) is 18.5 Å². The van der Waals surface area contributed by atoms with Crippen molar-refractivity contribution in [2.24, 2.45) is 5.92 Å². The van der Waals surface area contributed by atoms with Crippen molar-refractivity contribution < 1.29 is 9.53 Å². The fourth-order valence-electron chi connectivity index (χ4n) is 3.41. The summed E-state index contributed by atoms with van der Waals surface area (Å²) < 4.78 is 5.92. The van der Waals surface area contributed by atoms with Gasteiger partial charge < -0.3 is 10.1 Å². The largest absolute Gasteiger partial charge is 0.493 e. The lowest BCUT2D eigenvalue weighted by Gasteiger charge is -2.17. The third kappa shape index (κ3) is 6.19. The monoisotopic (exact) mass is 492 g/mol. The molecule has 1 aliphatic rings. The molecule has 0 saturated carbocycles. The summed E-state index contributed by atoms with van der Waals surface area (Å²) in [5.41, 5.74) is 4.05. The third-order valence-corrected chi connectivity index (χ3v) is 6.05. The topological polar surface area (TPSA) is 76.1 Å². The Hall–Kier alpha value is -2.19. The van der Waals surface area contributed by atoms with Gasteiger partial charge in [0.15, 0.2) is 0 Å². The number of carbonyl (C=O) groups excluding carboxylic acids is 1. The highest BCUT2D eigenvalue weighted by Crippen LogP contribution is 2.28. The molecular formula is C23H26Cl2N4O2S. The van der Waals surface area contributed by atoms with Gasteiger partial charge in [0, 0.05) is 29.1 Å². The number of hydrogen-bond acceptors (Lipinski definition) is 6. The Morgan fingerprint density at radius 3 is 2.88 bits per heavy atom. The van der Waals surface area contributed by atoms with Crippen LogP contribution in [0.4, 0.5) is 5.13 Å². The molecule has 1 aromatic heterocycles. The Kier molecular flexibility index (Phi) is 8.48. The molecule has 32 heavy (non-hydrogen) atoms. The molecule has 0 saturated heterocycles. The van der Waals surface area contributed by atoms with Gasteiger partial charge in [-0.2, -0.15) is 0 Å². The highest BCUT2D eigenvalue weighted by atomic mass is 35.5. The minimum Gasteiger partial charge on any atom is -0.493 e. The molecule has 3 aromatic rings. The van der Waals surface area contributed by atoms with Crippen molar-refractivity contribution in [1.29, 1.82) is 0 Å². The molecule has 9 heteroatoms. The molecule has 2 N–H and O–H groups in total. The minimum absolute atomic E-state index is 0. The number of halogens is 2. The maximum absolute atomic E-state index is 12.7. The summed E-state index contributed by atoms with van der Waals surface area (Å²) >= 11 is 7.54. The molecule has 6 nitrogen and oxygen atoms in total. The van der Waals surface area contributed by atoms with Gasteiger partial charge in [0.2, 0.25) is 5.13 Å². The number of aromatic nitrogens is 2. The van der Waals surface area contributed by atoms with E-state index < -0.39 is 0 Å². The zero-order valence-corrected chi connectivity index (χ0v) is 20.4. The lowest BCUT2D eigenvalue weighted by Crippen LogP contribution is -2.24. The van der Waals surface area contributed by atoms with Crippen LogP contribution in [0.1, 0.15) is 45.9 Å². The lowest BCUT2D eigenvalue weighted by atomic mass is 9.98. The fourth-order valence-corrected chi connectivity index (χ4v) is 4.36. The standard InChI is InChI=1S/C23H25ClN4O2S.ClH/c1-14(2)13-30-20-6-5-19(24)10-18(20)11-21-27-28-23(31-21)26-22(29)16-3-4-17-12-25-8-7-15(17)9-16;/h3-6,9-10,14,25H,7-8,11-13H2,1-2H3,(H,26,28,29);1H. The van der Waals surface area contributed by atoms with Crippen LogP contribution < -0.4 is 15.4 Å². The molecule has 1 aliphatic heterocycles. The van der Waals surface area contributed by atoms with E-state index in [0.29, 0.717) is 34.7 Å². The van der Waals surface area contributed by atoms with E-state index in [1.54, 1.807) is 0 Å². The molecule has 2 aromatic carbocycles. The molecule has 0 atom stereocenters. The van der Waals surface area contributed by atoms with E-state index in [2.05, 4.69) is 34.7 Å². The third-order valence-electron chi connectivity index (χ3n) is 4.98.